The summed E-state index contributed by atoms with van der Waals surface area (Å²) in [5.41, 5.74) is -0.529. The number of thiophene rings is 1. The summed E-state index contributed by atoms with van der Waals surface area (Å²) in [6.07, 6.45) is 8.75. The monoisotopic (exact) mass is 427 g/mol. The van der Waals surface area contributed by atoms with Gasteiger partial charge in [0.2, 0.25) is 0 Å². The molecule has 3 heterocycles. The first-order chi connectivity index (χ1) is 14.2. The molecule has 1 saturated carbocycles. The first kappa shape index (κ1) is 21.4. The first-order valence-corrected chi connectivity index (χ1v) is 11.9. The lowest BCUT2D eigenvalue weighted by Crippen LogP contribution is -2.53. The SMILES string of the molecule is CC(C)(C)[C@H]1CN(Cc2ccc(-c3ncccn3)s2)C[C@](CCC2CC2)(C(=O)O)C1. The number of hydrogen-bond donors (Lipinski definition) is 1. The van der Waals surface area contributed by atoms with Crippen LogP contribution in [-0.2, 0) is 11.3 Å². The molecular formula is C24H33N3O2S. The summed E-state index contributed by atoms with van der Waals surface area (Å²) in [4.78, 5) is 25.9. The number of rotatable bonds is 7. The fraction of sp³-hybridized carbons (Fsp3) is 0.625. The minimum absolute atomic E-state index is 0.0947. The smallest absolute Gasteiger partial charge is 0.310 e. The summed E-state index contributed by atoms with van der Waals surface area (Å²) in [7, 11) is 0. The largest absolute Gasteiger partial charge is 0.481 e. The Balaban J connectivity index is 1.53. The van der Waals surface area contributed by atoms with E-state index in [1.807, 2.05) is 6.07 Å². The normalized spacial score (nSPS) is 25.4. The Kier molecular flexibility index (Phi) is 5.99. The van der Waals surface area contributed by atoms with Crippen LogP contribution in [0.4, 0.5) is 0 Å². The molecule has 0 spiro atoms. The maximum absolute atomic E-state index is 12.5. The van der Waals surface area contributed by atoms with Crippen molar-refractivity contribution in [3.63, 3.8) is 0 Å². The van der Waals surface area contributed by atoms with Gasteiger partial charge in [-0.3, -0.25) is 9.69 Å². The molecule has 2 fully saturated rings. The molecule has 1 aliphatic heterocycles. The predicted octanol–water partition coefficient (Wildman–Crippen LogP) is 5.33. The second-order valence-corrected chi connectivity index (χ2v) is 11.5. The van der Waals surface area contributed by atoms with Crippen molar-refractivity contribution in [3.8, 4) is 10.7 Å². The van der Waals surface area contributed by atoms with Crippen LogP contribution in [0.15, 0.2) is 30.6 Å². The lowest BCUT2D eigenvalue weighted by molar-refractivity contribution is -0.157. The Hall–Kier alpha value is -1.79. The molecule has 0 unspecified atom stereocenters. The van der Waals surface area contributed by atoms with Crippen molar-refractivity contribution in [2.45, 2.75) is 59.4 Å². The minimum Gasteiger partial charge on any atom is -0.481 e. The third-order valence-corrected chi connectivity index (χ3v) is 7.94. The maximum atomic E-state index is 12.5. The second kappa shape index (κ2) is 8.39. The van der Waals surface area contributed by atoms with Gasteiger partial charge in [-0.25, -0.2) is 9.97 Å². The van der Waals surface area contributed by atoms with E-state index in [2.05, 4.69) is 47.8 Å². The Morgan fingerprint density at radius 1 is 1.27 bits per heavy atom. The van der Waals surface area contributed by atoms with Crippen LogP contribution in [0.25, 0.3) is 10.7 Å². The quantitative estimate of drug-likeness (QED) is 0.646. The summed E-state index contributed by atoms with van der Waals surface area (Å²) in [6.45, 7) is 9.16. The van der Waals surface area contributed by atoms with Gasteiger partial charge in [-0.15, -0.1) is 11.3 Å². The number of aromatic nitrogens is 2. The third kappa shape index (κ3) is 4.92. The van der Waals surface area contributed by atoms with E-state index in [4.69, 9.17) is 0 Å². The zero-order chi connectivity index (χ0) is 21.4. The number of aliphatic carboxylic acids is 1. The van der Waals surface area contributed by atoms with Crippen LogP contribution in [0.1, 0.15) is 57.8 Å². The zero-order valence-corrected chi connectivity index (χ0v) is 19.1. The lowest BCUT2D eigenvalue weighted by atomic mass is 9.65. The van der Waals surface area contributed by atoms with Gasteiger partial charge in [0.15, 0.2) is 5.82 Å². The van der Waals surface area contributed by atoms with Crippen molar-refractivity contribution in [1.82, 2.24) is 14.9 Å². The second-order valence-electron chi connectivity index (χ2n) is 10.3. The number of hydrogen-bond acceptors (Lipinski definition) is 5. The van der Waals surface area contributed by atoms with Crippen LogP contribution in [-0.4, -0.2) is 39.0 Å². The topological polar surface area (TPSA) is 66.3 Å². The number of piperidine rings is 1. The molecule has 30 heavy (non-hydrogen) atoms. The summed E-state index contributed by atoms with van der Waals surface area (Å²) in [6, 6.07) is 6.05. The number of carboxylic acid groups (broad SMARTS) is 1. The molecule has 0 aromatic carbocycles. The van der Waals surface area contributed by atoms with E-state index in [-0.39, 0.29) is 5.41 Å². The van der Waals surface area contributed by atoms with Crippen molar-refractivity contribution < 1.29 is 9.90 Å². The van der Waals surface area contributed by atoms with Gasteiger partial charge < -0.3 is 5.11 Å². The van der Waals surface area contributed by atoms with Crippen LogP contribution in [0.5, 0.6) is 0 Å². The summed E-state index contributed by atoms with van der Waals surface area (Å²) in [5, 5.41) is 10.3. The molecular weight excluding hydrogens is 394 g/mol. The van der Waals surface area contributed by atoms with Crippen LogP contribution >= 0.6 is 11.3 Å². The van der Waals surface area contributed by atoms with Gasteiger partial charge in [-0.05, 0) is 54.7 Å². The Morgan fingerprint density at radius 3 is 2.63 bits per heavy atom. The Bertz CT molecular complexity index is 872. The highest BCUT2D eigenvalue weighted by atomic mass is 32.1. The Morgan fingerprint density at radius 2 is 2.00 bits per heavy atom. The number of likely N-dealkylation sites (tertiary alicyclic amines) is 1. The summed E-state index contributed by atoms with van der Waals surface area (Å²) in [5.74, 6) is 1.28. The van der Waals surface area contributed by atoms with Gasteiger partial charge in [0.05, 0.1) is 10.3 Å². The van der Waals surface area contributed by atoms with Crippen LogP contribution in [0.3, 0.4) is 0 Å². The summed E-state index contributed by atoms with van der Waals surface area (Å²) >= 11 is 1.71. The van der Waals surface area contributed by atoms with Gasteiger partial charge >= 0.3 is 5.97 Å². The van der Waals surface area contributed by atoms with E-state index in [1.54, 1.807) is 23.7 Å². The fourth-order valence-electron chi connectivity index (χ4n) is 4.67. The standard InChI is InChI=1S/C24H33N3O2S/c1-23(2,3)18-13-24(22(28)29,10-9-17-5-6-17)16-27(14-18)15-19-7-8-20(30-19)21-25-11-4-12-26-21/h4,7-8,11-12,17-18H,5-6,9-10,13-16H2,1-3H3,(H,28,29)/t18-,24-/m1/s1. The van der Waals surface area contributed by atoms with Crippen LogP contribution in [0.2, 0.25) is 0 Å². The van der Waals surface area contributed by atoms with Gasteiger partial charge in [-0.1, -0.05) is 33.6 Å². The van der Waals surface area contributed by atoms with Gasteiger partial charge in [0, 0.05) is 36.9 Å². The molecule has 1 saturated heterocycles. The highest BCUT2D eigenvalue weighted by Gasteiger charge is 2.48. The molecule has 0 amide bonds. The molecule has 162 valence electrons. The molecule has 2 atom stereocenters. The van der Waals surface area contributed by atoms with E-state index in [0.717, 1.165) is 49.0 Å². The van der Waals surface area contributed by atoms with Crippen LogP contribution in [0, 0.1) is 22.7 Å². The molecule has 1 aliphatic carbocycles. The lowest BCUT2D eigenvalue weighted by Gasteiger charge is -2.48. The van der Waals surface area contributed by atoms with Gasteiger partial charge in [0.25, 0.3) is 0 Å². The van der Waals surface area contributed by atoms with E-state index >= 15 is 0 Å². The maximum Gasteiger partial charge on any atom is 0.310 e. The van der Waals surface area contributed by atoms with E-state index < -0.39 is 11.4 Å². The molecule has 2 aliphatic rings. The molecule has 2 aromatic rings. The molecule has 0 radical (unpaired) electrons. The number of carboxylic acids is 1. The highest BCUT2D eigenvalue weighted by molar-refractivity contribution is 7.15. The Labute approximate surface area is 183 Å². The van der Waals surface area contributed by atoms with E-state index in [0.29, 0.717) is 12.5 Å². The van der Waals surface area contributed by atoms with E-state index in [9.17, 15) is 9.90 Å². The molecule has 0 bridgehead atoms. The van der Waals surface area contributed by atoms with Crippen molar-refractivity contribution >= 4 is 17.3 Å². The highest BCUT2D eigenvalue weighted by Crippen LogP contribution is 2.47. The minimum atomic E-state index is -0.624. The first-order valence-electron chi connectivity index (χ1n) is 11.1. The molecule has 5 nitrogen and oxygen atoms in total. The molecule has 2 aromatic heterocycles. The van der Waals surface area contributed by atoms with Gasteiger partial charge in [0.1, 0.15) is 0 Å². The molecule has 6 heteroatoms. The van der Waals surface area contributed by atoms with Crippen LogP contribution < -0.4 is 0 Å². The van der Waals surface area contributed by atoms with Gasteiger partial charge in [-0.2, -0.15) is 0 Å². The van der Waals surface area contributed by atoms with Crippen molar-refractivity contribution in [1.29, 1.82) is 0 Å². The fourth-order valence-corrected chi connectivity index (χ4v) is 5.66. The third-order valence-electron chi connectivity index (χ3n) is 6.88. The number of carbonyl (C=O) groups is 1. The number of nitrogens with zero attached hydrogens (tertiary/aromatic N) is 3. The zero-order valence-electron chi connectivity index (χ0n) is 18.3. The van der Waals surface area contributed by atoms with Crippen molar-refractivity contribution in [3.05, 3.63) is 35.5 Å². The predicted molar refractivity (Wildman–Crippen MR) is 120 cm³/mol. The molecule has 1 N–H and O–H groups in total. The molecule has 4 rings (SSSR count). The van der Waals surface area contributed by atoms with Crippen molar-refractivity contribution in [2.75, 3.05) is 13.1 Å². The van der Waals surface area contributed by atoms with Crippen molar-refractivity contribution in [2.24, 2.45) is 22.7 Å². The average molecular weight is 428 g/mol. The average Bonchev–Trinajstić information content (AvgIpc) is 3.43. The summed E-state index contributed by atoms with van der Waals surface area (Å²) < 4.78 is 0. The van der Waals surface area contributed by atoms with E-state index in [1.165, 1.54) is 17.7 Å².